The fourth-order valence-electron chi connectivity index (χ4n) is 1.95. The molecule has 3 N–H and O–H groups in total. The lowest BCUT2D eigenvalue weighted by atomic mass is 10.1. The van der Waals surface area contributed by atoms with E-state index in [-0.39, 0.29) is 18.3 Å². The van der Waals surface area contributed by atoms with Gasteiger partial charge in [-0.25, -0.2) is 5.84 Å². The third-order valence-electron chi connectivity index (χ3n) is 3.00. The lowest BCUT2D eigenvalue weighted by Gasteiger charge is -2.03. The van der Waals surface area contributed by atoms with E-state index in [9.17, 15) is 4.79 Å². The molecule has 0 atom stereocenters. The summed E-state index contributed by atoms with van der Waals surface area (Å²) >= 11 is 1.85. The van der Waals surface area contributed by atoms with Gasteiger partial charge in [0.2, 0.25) is 5.91 Å². The topological polar surface area (TPSA) is 55.1 Å². The van der Waals surface area contributed by atoms with Crippen LogP contribution >= 0.6 is 23.7 Å². The Kier molecular flexibility index (Phi) is 6.71. The first-order chi connectivity index (χ1) is 9.17. The summed E-state index contributed by atoms with van der Waals surface area (Å²) in [4.78, 5) is 13.9. The number of nitrogens with two attached hydrogens (primary N) is 1. The Morgan fingerprint density at radius 3 is 2.30 bits per heavy atom. The highest BCUT2D eigenvalue weighted by Gasteiger charge is 2.02. The van der Waals surface area contributed by atoms with Gasteiger partial charge in [-0.1, -0.05) is 24.3 Å². The van der Waals surface area contributed by atoms with Gasteiger partial charge >= 0.3 is 0 Å². The summed E-state index contributed by atoms with van der Waals surface area (Å²) in [6, 6.07) is 12.5. The number of hydrogen-bond acceptors (Lipinski definition) is 3. The van der Waals surface area contributed by atoms with Crippen LogP contribution in [0.15, 0.2) is 36.4 Å². The number of carbonyl (C=O) groups excluding carboxylic acids is 1. The molecule has 3 nitrogen and oxygen atoms in total. The van der Waals surface area contributed by atoms with Gasteiger partial charge in [0.15, 0.2) is 0 Å². The van der Waals surface area contributed by atoms with E-state index in [0.29, 0.717) is 6.42 Å². The summed E-state index contributed by atoms with van der Waals surface area (Å²) in [6.07, 6.45) is 2.44. The van der Waals surface area contributed by atoms with Crippen LogP contribution in [0, 0.1) is 6.92 Å². The molecule has 0 bridgehead atoms. The van der Waals surface area contributed by atoms with E-state index in [1.807, 2.05) is 23.5 Å². The second-order valence-electron chi connectivity index (χ2n) is 4.57. The zero-order chi connectivity index (χ0) is 13.7. The number of amides is 1. The van der Waals surface area contributed by atoms with Crippen molar-refractivity contribution in [2.45, 2.75) is 26.2 Å². The van der Waals surface area contributed by atoms with Gasteiger partial charge in [0.1, 0.15) is 0 Å². The maximum absolute atomic E-state index is 11.1. The Labute approximate surface area is 129 Å². The Hall–Kier alpha value is -1.36. The van der Waals surface area contributed by atoms with Crippen LogP contribution in [0.3, 0.4) is 0 Å². The third kappa shape index (κ3) is 4.96. The van der Waals surface area contributed by atoms with Crippen LogP contribution in [-0.2, 0) is 24.1 Å². The normalized spacial score (nSPS) is 9.90. The molecule has 0 radical (unpaired) electrons. The van der Waals surface area contributed by atoms with E-state index in [4.69, 9.17) is 5.84 Å². The summed E-state index contributed by atoms with van der Waals surface area (Å²) in [5.74, 6) is 4.90. The molecule has 1 amide bonds. The molecule has 0 saturated carbocycles. The predicted molar refractivity (Wildman–Crippen MR) is 86.2 cm³/mol. The number of rotatable bonds is 5. The SMILES string of the molecule is Cc1ccc(CCc2ccc(CC(=O)NN)cc2)s1.Cl. The quantitative estimate of drug-likeness (QED) is 0.507. The molecular weight excluding hydrogens is 292 g/mol. The minimum Gasteiger partial charge on any atom is -0.294 e. The molecule has 0 aliphatic carbocycles. The highest BCUT2D eigenvalue weighted by atomic mass is 35.5. The monoisotopic (exact) mass is 310 g/mol. The fraction of sp³-hybridized carbons (Fsp3) is 0.267. The second kappa shape index (κ2) is 8.04. The minimum absolute atomic E-state index is 0. The van der Waals surface area contributed by atoms with E-state index in [0.717, 1.165) is 18.4 Å². The van der Waals surface area contributed by atoms with Crippen molar-refractivity contribution >= 4 is 29.7 Å². The standard InChI is InChI=1S/C15H18N2OS.ClH/c1-11-2-8-14(19-11)9-7-12-3-5-13(6-4-12)10-15(18)17-16;/h2-6,8H,7,9-10,16H2,1H3,(H,17,18);1H. The molecule has 20 heavy (non-hydrogen) atoms. The molecule has 1 aromatic heterocycles. The van der Waals surface area contributed by atoms with Crippen molar-refractivity contribution in [1.82, 2.24) is 5.43 Å². The first kappa shape index (κ1) is 16.7. The molecule has 108 valence electrons. The maximum atomic E-state index is 11.1. The average Bonchev–Trinajstić information content (AvgIpc) is 2.83. The number of aryl methyl sites for hydroxylation is 3. The molecule has 0 saturated heterocycles. The summed E-state index contributed by atoms with van der Waals surface area (Å²) in [5, 5.41) is 0. The molecule has 5 heteroatoms. The van der Waals surface area contributed by atoms with Crippen molar-refractivity contribution in [1.29, 1.82) is 0 Å². The van der Waals surface area contributed by atoms with Gasteiger partial charge in [0, 0.05) is 9.75 Å². The molecule has 0 aliphatic rings. The Balaban J connectivity index is 0.00000200. The zero-order valence-corrected chi connectivity index (χ0v) is 13.0. The summed E-state index contributed by atoms with van der Waals surface area (Å²) in [5.41, 5.74) is 4.42. The first-order valence-electron chi connectivity index (χ1n) is 6.30. The van der Waals surface area contributed by atoms with Crippen molar-refractivity contribution < 1.29 is 4.79 Å². The lowest BCUT2D eigenvalue weighted by Crippen LogP contribution is -2.31. The minimum atomic E-state index is -0.165. The van der Waals surface area contributed by atoms with Crippen LogP contribution in [0.1, 0.15) is 20.9 Å². The van der Waals surface area contributed by atoms with Crippen LogP contribution in [0.2, 0.25) is 0 Å². The molecule has 2 rings (SSSR count). The Morgan fingerprint density at radius 1 is 1.10 bits per heavy atom. The highest BCUT2D eigenvalue weighted by Crippen LogP contribution is 2.17. The van der Waals surface area contributed by atoms with E-state index in [2.05, 4.69) is 36.6 Å². The van der Waals surface area contributed by atoms with E-state index in [1.165, 1.54) is 15.3 Å². The number of nitrogens with one attached hydrogen (secondary N) is 1. The van der Waals surface area contributed by atoms with Gasteiger partial charge in [-0.05, 0) is 43.0 Å². The van der Waals surface area contributed by atoms with Crippen molar-refractivity contribution in [2.24, 2.45) is 5.84 Å². The molecule has 0 spiro atoms. The summed E-state index contributed by atoms with van der Waals surface area (Å²) < 4.78 is 0. The van der Waals surface area contributed by atoms with Gasteiger partial charge < -0.3 is 0 Å². The second-order valence-corrected chi connectivity index (χ2v) is 5.95. The molecule has 2 aromatic rings. The number of carbonyl (C=O) groups is 1. The van der Waals surface area contributed by atoms with Gasteiger partial charge in [-0.15, -0.1) is 23.7 Å². The van der Waals surface area contributed by atoms with E-state index >= 15 is 0 Å². The van der Waals surface area contributed by atoms with Crippen LogP contribution in [-0.4, -0.2) is 5.91 Å². The Morgan fingerprint density at radius 2 is 1.75 bits per heavy atom. The largest absolute Gasteiger partial charge is 0.294 e. The van der Waals surface area contributed by atoms with Crippen LogP contribution in [0.4, 0.5) is 0 Å². The number of hydrogen-bond donors (Lipinski definition) is 2. The van der Waals surface area contributed by atoms with Gasteiger partial charge in [0.05, 0.1) is 6.42 Å². The van der Waals surface area contributed by atoms with Crippen LogP contribution in [0.25, 0.3) is 0 Å². The van der Waals surface area contributed by atoms with E-state index < -0.39 is 0 Å². The third-order valence-corrected chi connectivity index (χ3v) is 4.07. The van der Waals surface area contributed by atoms with Crippen molar-refractivity contribution in [2.75, 3.05) is 0 Å². The molecule has 0 fully saturated rings. The average molecular weight is 311 g/mol. The molecule has 1 heterocycles. The van der Waals surface area contributed by atoms with Gasteiger partial charge in [-0.3, -0.25) is 10.2 Å². The number of halogens is 1. The van der Waals surface area contributed by atoms with Crippen molar-refractivity contribution in [3.63, 3.8) is 0 Å². The number of thiophene rings is 1. The number of benzene rings is 1. The molecular formula is C15H19ClN2OS. The summed E-state index contributed by atoms with van der Waals surface area (Å²) in [6.45, 7) is 2.13. The van der Waals surface area contributed by atoms with Crippen LogP contribution in [0.5, 0.6) is 0 Å². The van der Waals surface area contributed by atoms with Crippen LogP contribution < -0.4 is 11.3 Å². The number of hydrazine groups is 1. The fourth-order valence-corrected chi connectivity index (χ4v) is 2.84. The zero-order valence-electron chi connectivity index (χ0n) is 11.4. The first-order valence-corrected chi connectivity index (χ1v) is 7.11. The Bertz CT molecular complexity index is 551. The van der Waals surface area contributed by atoms with Crippen molar-refractivity contribution in [3.05, 3.63) is 57.3 Å². The highest BCUT2D eigenvalue weighted by molar-refractivity contribution is 7.11. The van der Waals surface area contributed by atoms with Crippen molar-refractivity contribution in [3.8, 4) is 0 Å². The van der Waals surface area contributed by atoms with Gasteiger partial charge in [-0.2, -0.15) is 0 Å². The summed E-state index contributed by atoms with van der Waals surface area (Å²) in [7, 11) is 0. The lowest BCUT2D eigenvalue weighted by molar-refractivity contribution is -0.120. The van der Waals surface area contributed by atoms with E-state index in [1.54, 1.807) is 0 Å². The molecule has 0 unspecified atom stereocenters. The van der Waals surface area contributed by atoms with Gasteiger partial charge in [0.25, 0.3) is 0 Å². The maximum Gasteiger partial charge on any atom is 0.238 e. The predicted octanol–water partition coefficient (Wildman–Crippen LogP) is 2.80. The smallest absolute Gasteiger partial charge is 0.238 e. The molecule has 0 aliphatic heterocycles. The molecule has 1 aromatic carbocycles.